The minimum absolute atomic E-state index is 0.448. The molecule has 1 N–H and O–H groups in total. The third-order valence-corrected chi connectivity index (χ3v) is 4.34. The second-order valence-electron chi connectivity index (χ2n) is 4.93. The van der Waals surface area contributed by atoms with Crippen molar-refractivity contribution in [2.24, 2.45) is 0 Å². The van der Waals surface area contributed by atoms with Gasteiger partial charge in [0.2, 0.25) is 0 Å². The van der Waals surface area contributed by atoms with Crippen LogP contribution in [-0.4, -0.2) is 17.8 Å². The molecule has 1 aromatic carbocycles. The van der Waals surface area contributed by atoms with E-state index in [9.17, 15) is 5.26 Å². The Morgan fingerprint density at radius 3 is 2.72 bits per heavy atom. The fraction of sp³-hybridized carbons (Fsp3) is 0.533. The van der Waals surface area contributed by atoms with Gasteiger partial charge in [0.25, 0.3) is 0 Å². The van der Waals surface area contributed by atoms with Gasteiger partial charge in [-0.1, -0.05) is 24.6 Å². The van der Waals surface area contributed by atoms with E-state index in [0.29, 0.717) is 0 Å². The highest BCUT2D eigenvalue weighted by Gasteiger charge is 2.23. The van der Waals surface area contributed by atoms with Crippen LogP contribution in [0.25, 0.3) is 0 Å². The van der Waals surface area contributed by atoms with Crippen LogP contribution < -0.4 is 5.32 Å². The summed E-state index contributed by atoms with van der Waals surface area (Å²) in [5.74, 6) is 0.772. The summed E-state index contributed by atoms with van der Waals surface area (Å²) in [6, 6.07) is 8.84. The van der Waals surface area contributed by atoms with E-state index in [0.717, 1.165) is 18.7 Å². The number of hydrogen-bond donors (Lipinski definition) is 1. The van der Waals surface area contributed by atoms with Crippen molar-refractivity contribution >= 4 is 11.8 Å². The minimum Gasteiger partial charge on any atom is -0.299 e. The summed E-state index contributed by atoms with van der Waals surface area (Å²) in [5.41, 5.74) is 2.10. The number of nitrogens with one attached hydrogen (secondary N) is 1. The summed E-state index contributed by atoms with van der Waals surface area (Å²) < 4.78 is 0. The molecule has 0 fully saturated rings. The Balaban J connectivity index is 2.68. The third-order valence-electron chi connectivity index (χ3n) is 2.87. The molecule has 1 atom stereocenters. The molecule has 1 aromatic rings. The predicted molar refractivity (Wildman–Crippen MR) is 79.0 cm³/mol. The smallest absolute Gasteiger partial charge is 0.113 e. The van der Waals surface area contributed by atoms with Gasteiger partial charge in [0.1, 0.15) is 5.54 Å². The maximum Gasteiger partial charge on any atom is 0.113 e. The van der Waals surface area contributed by atoms with E-state index in [1.54, 1.807) is 11.8 Å². The van der Waals surface area contributed by atoms with Crippen molar-refractivity contribution in [2.45, 2.75) is 44.6 Å². The van der Waals surface area contributed by atoms with E-state index in [-0.39, 0.29) is 0 Å². The van der Waals surface area contributed by atoms with Crippen LogP contribution >= 0.6 is 11.8 Å². The molecule has 0 radical (unpaired) electrons. The van der Waals surface area contributed by atoms with Crippen LogP contribution in [0.3, 0.4) is 0 Å². The van der Waals surface area contributed by atoms with Gasteiger partial charge in [0.15, 0.2) is 0 Å². The van der Waals surface area contributed by atoms with E-state index in [1.165, 1.54) is 16.0 Å². The molecule has 0 aliphatic heterocycles. The van der Waals surface area contributed by atoms with E-state index in [1.807, 2.05) is 6.92 Å². The summed E-state index contributed by atoms with van der Waals surface area (Å²) >= 11 is 1.76. The van der Waals surface area contributed by atoms with Crippen molar-refractivity contribution < 1.29 is 0 Å². The Kier molecular flexibility index (Phi) is 5.71. The monoisotopic (exact) mass is 262 g/mol. The minimum atomic E-state index is -0.448. The first kappa shape index (κ1) is 15.1. The Bertz CT molecular complexity index is 437. The van der Waals surface area contributed by atoms with E-state index >= 15 is 0 Å². The molecule has 2 nitrogen and oxygen atoms in total. The van der Waals surface area contributed by atoms with Gasteiger partial charge in [-0.05, 0) is 45.4 Å². The molecule has 0 saturated heterocycles. The number of hydrogen-bond acceptors (Lipinski definition) is 3. The molecule has 1 unspecified atom stereocenters. The number of nitrogens with zero attached hydrogens (tertiary/aromatic N) is 1. The normalized spacial score (nSPS) is 13.9. The van der Waals surface area contributed by atoms with Gasteiger partial charge in [0.05, 0.1) is 6.07 Å². The highest BCUT2D eigenvalue weighted by atomic mass is 32.2. The second kappa shape index (κ2) is 6.82. The molecule has 1 rings (SSSR count). The molecule has 0 amide bonds. The van der Waals surface area contributed by atoms with Crippen molar-refractivity contribution in [3.63, 3.8) is 0 Å². The van der Waals surface area contributed by atoms with Gasteiger partial charge in [0, 0.05) is 10.6 Å². The standard InChI is InChI=1S/C15H22N2S/c1-5-8-17-15(4,10-16)11-18-14-9-12(2)6-7-13(14)3/h6-7,9,17H,5,8,11H2,1-4H3. The predicted octanol–water partition coefficient (Wildman–Crippen LogP) is 3.68. The highest BCUT2D eigenvalue weighted by Crippen LogP contribution is 2.26. The number of thioether (sulfide) groups is 1. The quantitative estimate of drug-likeness (QED) is 0.794. The third kappa shape index (κ3) is 4.36. The highest BCUT2D eigenvalue weighted by molar-refractivity contribution is 7.99. The summed E-state index contributed by atoms with van der Waals surface area (Å²) in [7, 11) is 0. The van der Waals surface area contributed by atoms with Crippen molar-refractivity contribution in [1.29, 1.82) is 5.26 Å². The lowest BCUT2D eigenvalue weighted by atomic mass is 10.1. The molecule has 0 aliphatic carbocycles. The lowest BCUT2D eigenvalue weighted by Crippen LogP contribution is -2.43. The average Bonchev–Trinajstić information content (AvgIpc) is 2.37. The van der Waals surface area contributed by atoms with E-state index in [4.69, 9.17) is 0 Å². The van der Waals surface area contributed by atoms with Crippen LogP contribution in [-0.2, 0) is 0 Å². The number of rotatable bonds is 6. The lowest BCUT2D eigenvalue weighted by molar-refractivity contribution is 0.493. The first-order chi connectivity index (χ1) is 8.50. The molecule has 0 bridgehead atoms. The zero-order valence-corrected chi connectivity index (χ0v) is 12.5. The lowest BCUT2D eigenvalue weighted by Gasteiger charge is -2.23. The maximum absolute atomic E-state index is 9.29. The molecule has 0 aliphatic rings. The molecule has 18 heavy (non-hydrogen) atoms. The molecule has 3 heteroatoms. The summed E-state index contributed by atoms with van der Waals surface area (Å²) in [4.78, 5) is 1.27. The van der Waals surface area contributed by atoms with Gasteiger partial charge in [-0.25, -0.2) is 0 Å². The van der Waals surface area contributed by atoms with Gasteiger partial charge < -0.3 is 0 Å². The second-order valence-corrected chi connectivity index (χ2v) is 5.95. The molecular formula is C15H22N2S. The fourth-order valence-corrected chi connectivity index (χ4v) is 2.78. The molecule has 0 aromatic heterocycles. The number of aryl methyl sites for hydroxylation is 2. The van der Waals surface area contributed by atoms with Crippen LogP contribution in [0.15, 0.2) is 23.1 Å². The van der Waals surface area contributed by atoms with Crippen molar-refractivity contribution in [1.82, 2.24) is 5.32 Å². The number of nitriles is 1. The van der Waals surface area contributed by atoms with Gasteiger partial charge in [-0.2, -0.15) is 5.26 Å². The largest absolute Gasteiger partial charge is 0.299 e. The SMILES string of the molecule is CCCNC(C)(C#N)CSc1cc(C)ccc1C. The molecular weight excluding hydrogens is 240 g/mol. The van der Waals surface area contributed by atoms with Crippen molar-refractivity contribution in [3.8, 4) is 6.07 Å². The molecule has 98 valence electrons. The summed E-state index contributed by atoms with van der Waals surface area (Å²) in [6.45, 7) is 9.19. The molecule has 0 heterocycles. The zero-order chi connectivity index (χ0) is 13.6. The van der Waals surface area contributed by atoms with Crippen LogP contribution in [0.4, 0.5) is 0 Å². The first-order valence-electron chi connectivity index (χ1n) is 6.37. The van der Waals surface area contributed by atoms with Crippen molar-refractivity contribution in [3.05, 3.63) is 29.3 Å². The van der Waals surface area contributed by atoms with Crippen LogP contribution in [0.2, 0.25) is 0 Å². The zero-order valence-electron chi connectivity index (χ0n) is 11.7. The van der Waals surface area contributed by atoms with E-state index in [2.05, 4.69) is 50.4 Å². The molecule has 0 saturated carbocycles. The Morgan fingerprint density at radius 2 is 2.11 bits per heavy atom. The number of benzene rings is 1. The summed E-state index contributed by atoms with van der Waals surface area (Å²) in [6.07, 6.45) is 1.05. The maximum atomic E-state index is 9.29. The topological polar surface area (TPSA) is 35.8 Å². The van der Waals surface area contributed by atoms with Crippen LogP contribution in [0.5, 0.6) is 0 Å². The Hall–Kier alpha value is -0.980. The fourth-order valence-electron chi connectivity index (χ4n) is 1.61. The Labute approximate surface area is 115 Å². The molecule has 0 spiro atoms. The van der Waals surface area contributed by atoms with Gasteiger partial charge in [-0.3, -0.25) is 5.32 Å². The average molecular weight is 262 g/mol. The summed E-state index contributed by atoms with van der Waals surface area (Å²) in [5, 5.41) is 12.6. The van der Waals surface area contributed by atoms with Crippen LogP contribution in [0, 0.1) is 25.2 Å². The van der Waals surface area contributed by atoms with E-state index < -0.39 is 5.54 Å². The van der Waals surface area contributed by atoms with Gasteiger partial charge >= 0.3 is 0 Å². The van der Waals surface area contributed by atoms with Crippen LogP contribution in [0.1, 0.15) is 31.4 Å². The van der Waals surface area contributed by atoms with Gasteiger partial charge in [-0.15, -0.1) is 11.8 Å². The Morgan fingerprint density at radius 1 is 1.39 bits per heavy atom. The van der Waals surface area contributed by atoms with Crippen molar-refractivity contribution in [2.75, 3.05) is 12.3 Å². The first-order valence-corrected chi connectivity index (χ1v) is 7.35.